The number of carbonyl (C=O) groups excluding carboxylic acids is 1. The fourth-order valence-corrected chi connectivity index (χ4v) is 2.44. The van der Waals surface area contributed by atoms with Crippen molar-refractivity contribution in [3.63, 3.8) is 0 Å². The highest BCUT2D eigenvalue weighted by atomic mass is 16.2. The second-order valence-electron chi connectivity index (χ2n) is 5.23. The summed E-state index contributed by atoms with van der Waals surface area (Å²) in [5.41, 5.74) is 16.4. The maximum absolute atomic E-state index is 12.1. The highest BCUT2D eigenvalue weighted by molar-refractivity contribution is 5.81. The Kier molecular flexibility index (Phi) is 6.62. The van der Waals surface area contributed by atoms with Crippen molar-refractivity contribution in [2.75, 3.05) is 19.6 Å². The van der Waals surface area contributed by atoms with Crippen LogP contribution in [0.4, 0.5) is 0 Å². The monoisotopic (exact) mass is 269 g/mol. The molecule has 6 nitrogen and oxygen atoms in total. The molecule has 6 N–H and O–H groups in total. The van der Waals surface area contributed by atoms with Gasteiger partial charge in [-0.15, -0.1) is 0 Å². The van der Waals surface area contributed by atoms with Gasteiger partial charge in [-0.2, -0.15) is 0 Å². The smallest absolute Gasteiger partial charge is 0.239 e. The Labute approximate surface area is 115 Å². The third-order valence-electron chi connectivity index (χ3n) is 3.79. The Morgan fingerprint density at radius 3 is 2.53 bits per heavy atom. The van der Waals surface area contributed by atoms with E-state index in [0.29, 0.717) is 13.0 Å². The molecule has 1 atom stereocenters. The first-order valence-corrected chi connectivity index (χ1v) is 7.14. The minimum atomic E-state index is -0.424. The van der Waals surface area contributed by atoms with Crippen LogP contribution in [0.5, 0.6) is 0 Å². The second kappa shape index (κ2) is 7.99. The van der Waals surface area contributed by atoms with Gasteiger partial charge in [-0.3, -0.25) is 9.79 Å². The van der Waals surface area contributed by atoms with Crippen molar-refractivity contribution >= 4 is 11.9 Å². The van der Waals surface area contributed by atoms with Crippen molar-refractivity contribution in [1.29, 1.82) is 0 Å². The third kappa shape index (κ3) is 5.46. The first-order valence-electron chi connectivity index (χ1n) is 7.14. The minimum Gasteiger partial charge on any atom is -0.370 e. The van der Waals surface area contributed by atoms with Crippen molar-refractivity contribution in [1.82, 2.24) is 4.90 Å². The Bertz CT molecular complexity index is 306. The number of piperidine rings is 1. The van der Waals surface area contributed by atoms with E-state index in [1.165, 1.54) is 6.42 Å². The number of guanidine groups is 1. The number of nitrogens with two attached hydrogens (primary N) is 3. The van der Waals surface area contributed by atoms with Crippen LogP contribution in [-0.2, 0) is 4.79 Å². The van der Waals surface area contributed by atoms with Gasteiger partial charge < -0.3 is 22.1 Å². The molecule has 0 aromatic heterocycles. The van der Waals surface area contributed by atoms with Gasteiger partial charge in [0.05, 0.1) is 6.04 Å². The topological polar surface area (TPSA) is 111 Å². The highest BCUT2D eigenvalue weighted by Crippen LogP contribution is 2.20. The third-order valence-corrected chi connectivity index (χ3v) is 3.79. The summed E-state index contributed by atoms with van der Waals surface area (Å²) in [5, 5.41) is 0. The summed E-state index contributed by atoms with van der Waals surface area (Å²) in [6, 6.07) is -0.424. The number of aliphatic imine (C=N–C) groups is 1. The molecule has 0 aromatic carbocycles. The van der Waals surface area contributed by atoms with Crippen LogP contribution in [0.3, 0.4) is 0 Å². The summed E-state index contributed by atoms with van der Waals surface area (Å²) < 4.78 is 0. The molecule has 0 aromatic rings. The second-order valence-corrected chi connectivity index (χ2v) is 5.23. The van der Waals surface area contributed by atoms with E-state index in [4.69, 9.17) is 17.2 Å². The van der Waals surface area contributed by atoms with E-state index in [9.17, 15) is 4.79 Å². The van der Waals surface area contributed by atoms with Gasteiger partial charge >= 0.3 is 0 Å². The lowest BCUT2D eigenvalue weighted by Gasteiger charge is -2.33. The lowest BCUT2D eigenvalue weighted by molar-refractivity contribution is -0.134. The van der Waals surface area contributed by atoms with Gasteiger partial charge in [0.15, 0.2) is 5.96 Å². The molecule has 0 aliphatic carbocycles. The van der Waals surface area contributed by atoms with Crippen LogP contribution < -0.4 is 17.2 Å². The summed E-state index contributed by atoms with van der Waals surface area (Å²) in [7, 11) is 0. The zero-order valence-electron chi connectivity index (χ0n) is 11.8. The molecule has 6 heteroatoms. The van der Waals surface area contributed by atoms with Gasteiger partial charge in [-0.05, 0) is 31.6 Å². The molecule has 19 heavy (non-hydrogen) atoms. The fraction of sp³-hybridized carbons (Fsp3) is 0.846. The average Bonchev–Trinajstić information content (AvgIpc) is 2.42. The lowest BCUT2D eigenvalue weighted by Crippen LogP contribution is -2.47. The molecule has 1 aliphatic heterocycles. The molecule has 1 amide bonds. The number of nitrogens with zero attached hydrogens (tertiary/aromatic N) is 2. The predicted molar refractivity (Wildman–Crippen MR) is 77.5 cm³/mol. The zero-order valence-corrected chi connectivity index (χ0v) is 11.8. The van der Waals surface area contributed by atoms with E-state index in [1.807, 2.05) is 4.90 Å². The van der Waals surface area contributed by atoms with Gasteiger partial charge in [0.2, 0.25) is 5.91 Å². The molecule has 0 radical (unpaired) electrons. The number of likely N-dealkylation sites (tertiary alicyclic amines) is 1. The summed E-state index contributed by atoms with van der Waals surface area (Å²) in [6.45, 7) is 4.43. The van der Waals surface area contributed by atoms with Crippen LogP contribution in [0.25, 0.3) is 0 Å². The van der Waals surface area contributed by atoms with E-state index >= 15 is 0 Å². The van der Waals surface area contributed by atoms with E-state index in [2.05, 4.69) is 11.9 Å². The van der Waals surface area contributed by atoms with E-state index in [-0.39, 0.29) is 11.9 Å². The summed E-state index contributed by atoms with van der Waals surface area (Å²) in [6.07, 6.45) is 4.76. The van der Waals surface area contributed by atoms with Gasteiger partial charge in [0, 0.05) is 19.6 Å². The number of hydrogen-bond donors (Lipinski definition) is 3. The van der Waals surface area contributed by atoms with Crippen molar-refractivity contribution in [3.05, 3.63) is 0 Å². The molecule has 1 heterocycles. The van der Waals surface area contributed by atoms with Crippen molar-refractivity contribution < 1.29 is 4.79 Å². The molecule has 0 spiro atoms. The molecule has 110 valence electrons. The molecule has 0 unspecified atom stereocenters. The maximum atomic E-state index is 12.1. The van der Waals surface area contributed by atoms with Crippen LogP contribution in [0.2, 0.25) is 0 Å². The molecule has 1 saturated heterocycles. The SMILES string of the molecule is CCC1CCN(C(=O)[C@H](N)CCCN=C(N)N)CC1. The largest absolute Gasteiger partial charge is 0.370 e. The minimum absolute atomic E-state index is 0.0688. The molecular weight excluding hydrogens is 242 g/mol. The van der Waals surface area contributed by atoms with Crippen molar-refractivity contribution in [2.45, 2.75) is 45.1 Å². The molecular formula is C13H27N5O. The van der Waals surface area contributed by atoms with Crippen LogP contribution in [-0.4, -0.2) is 42.4 Å². The van der Waals surface area contributed by atoms with Crippen molar-refractivity contribution in [2.24, 2.45) is 28.1 Å². The Morgan fingerprint density at radius 2 is 2.00 bits per heavy atom. The molecule has 1 rings (SSSR count). The van der Waals surface area contributed by atoms with Gasteiger partial charge in [-0.25, -0.2) is 0 Å². The van der Waals surface area contributed by atoms with Crippen LogP contribution in [0.15, 0.2) is 4.99 Å². The Morgan fingerprint density at radius 1 is 1.37 bits per heavy atom. The number of rotatable bonds is 6. The van der Waals surface area contributed by atoms with Crippen LogP contribution in [0, 0.1) is 5.92 Å². The van der Waals surface area contributed by atoms with Crippen LogP contribution in [0.1, 0.15) is 39.0 Å². The van der Waals surface area contributed by atoms with Crippen molar-refractivity contribution in [3.8, 4) is 0 Å². The van der Waals surface area contributed by atoms with Gasteiger partial charge in [0.1, 0.15) is 0 Å². The maximum Gasteiger partial charge on any atom is 0.239 e. The normalized spacial score (nSPS) is 18.1. The first-order chi connectivity index (χ1) is 9.04. The highest BCUT2D eigenvalue weighted by Gasteiger charge is 2.25. The van der Waals surface area contributed by atoms with Gasteiger partial charge in [0.25, 0.3) is 0 Å². The molecule has 0 saturated carbocycles. The van der Waals surface area contributed by atoms with E-state index in [0.717, 1.165) is 38.3 Å². The molecule has 1 aliphatic rings. The summed E-state index contributed by atoms with van der Waals surface area (Å²) in [5.74, 6) is 0.919. The quantitative estimate of drug-likeness (QED) is 0.358. The molecule has 1 fully saturated rings. The lowest BCUT2D eigenvalue weighted by atomic mass is 9.94. The van der Waals surface area contributed by atoms with E-state index in [1.54, 1.807) is 0 Å². The molecule has 0 bridgehead atoms. The summed E-state index contributed by atoms with van der Waals surface area (Å²) >= 11 is 0. The van der Waals surface area contributed by atoms with Crippen LogP contribution >= 0.6 is 0 Å². The summed E-state index contributed by atoms with van der Waals surface area (Å²) in [4.78, 5) is 17.9. The standard InChI is InChI=1S/C13H27N5O/c1-2-10-5-8-18(9-6-10)12(19)11(14)4-3-7-17-13(15)16/h10-11H,2-9,14H2,1H3,(H4,15,16,17)/t11-/m1/s1. The van der Waals surface area contributed by atoms with E-state index < -0.39 is 6.04 Å². The van der Waals surface area contributed by atoms with Gasteiger partial charge in [-0.1, -0.05) is 13.3 Å². The predicted octanol–water partition coefficient (Wildman–Crippen LogP) is 0.0159. The number of amides is 1. The fourth-order valence-electron chi connectivity index (χ4n) is 2.44. The Hall–Kier alpha value is -1.30. The number of carbonyl (C=O) groups is 1. The first kappa shape index (κ1) is 15.8. The zero-order chi connectivity index (χ0) is 14.3. The average molecular weight is 269 g/mol. The Balaban J connectivity index is 2.27. The number of hydrogen-bond acceptors (Lipinski definition) is 3.